The third kappa shape index (κ3) is 3.34. The average Bonchev–Trinajstić information content (AvgIpc) is 2.71. The summed E-state index contributed by atoms with van der Waals surface area (Å²) in [4.78, 5) is 21.9. The predicted octanol–water partition coefficient (Wildman–Crippen LogP) is 0.649. The molecule has 0 aliphatic heterocycles. The first-order valence-electron chi connectivity index (χ1n) is 4.48. The summed E-state index contributed by atoms with van der Waals surface area (Å²) in [5.74, 6) is -0.296. The highest BCUT2D eigenvalue weighted by molar-refractivity contribution is 9.10. The van der Waals surface area contributed by atoms with Crippen LogP contribution in [0.4, 0.5) is 0 Å². The molecule has 0 spiro atoms. The molecular weight excluding hydrogens is 280 g/mol. The van der Waals surface area contributed by atoms with E-state index < -0.39 is 16.7 Å². The molecule has 1 N–H and O–H groups in total. The number of carbonyl (C=O) groups is 2. The van der Waals surface area contributed by atoms with Gasteiger partial charge in [-0.3, -0.25) is 9.59 Å². The molecular formula is C9H11BrN2O4. The predicted molar refractivity (Wildman–Crippen MR) is 58.3 cm³/mol. The summed E-state index contributed by atoms with van der Waals surface area (Å²) in [6.45, 7) is 1.81. The number of methoxy groups -OCH3 is 1. The Morgan fingerprint density at radius 3 is 2.88 bits per heavy atom. The van der Waals surface area contributed by atoms with E-state index in [4.69, 9.17) is 4.52 Å². The number of aromatic nitrogens is 1. The van der Waals surface area contributed by atoms with Gasteiger partial charge in [0.15, 0.2) is 5.69 Å². The maximum absolute atomic E-state index is 11.5. The van der Waals surface area contributed by atoms with Gasteiger partial charge in [0.1, 0.15) is 10.6 Å². The van der Waals surface area contributed by atoms with Crippen molar-refractivity contribution in [2.75, 3.05) is 13.7 Å². The van der Waals surface area contributed by atoms with E-state index in [9.17, 15) is 9.59 Å². The quantitative estimate of drug-likeness (QED) is 0.650. The Hall–Kier alpha value is -1.37. The number of amides is 1. The smallest absolute Gasteiger partial charge is 0.321 e. The zero-order valence-corrected chi connectivity index (χ0v) is 10.4. The summed E-state index contributed by atoms with van der Waals surface area (Å²) >= 11 is 3.08. The molecule has 7 heteroatoms. The standard InChI is InChI=1S/C9H11BrN2O4/c1-5-3-7(12-16-5)8(13)11-4-6(10)9(14)15-2/h3,6H,4H2,1-2H3,(H,11,13). The summed E-state index contributed by atoms with van der Waals surface area (Å²) < 4.78 is 9.23. The molecule has 0 aliphatic carbocycles. The van der Waals surface area contributed by atoms with Gasteiger partial charge in [0.25, 0.3) is 5.91 Å². The minimum absolute atomic E-state index is 0.122. The van der Waals surface area contributed by atoms with Crippen molar-refractivity contribution in [2.24, 2.45) is 0 Å². The number of halogens is 1. The van der Waals surface area contributed by atoms with Gasteiger partial charge in [-0.2, -0.15) is 0 Å². The van der Waals surface area contributed by atoms with Gasteiger partial charge in [-0.05, 0) is 6.92 Å². The Labute approximate surface area is 100 Å². The lowest BCUT2D eigenvalue weighted by atomic mass is 10.3. The summed E-state index contributed by atoms with van der Waals surface area (Å²) in [6, 6.07) is 1.51. The normalized spacial score (nSPS) is 11.9. The minimum Gasteiger partial charge on any atom is -0.468 e. The summed E-state index contributed by atoms with van der Waals surface area (Å²) in [5.41, 5.74) is 0.182. The van der Waals surface area contributed by atoms with Crippen molar-refractivity contribution in [3.05, 3.63) is 17.5 Å². The van der Waals surface area contributed by atoms with Crippen LogP contribution in [0.15, 0.2) is 10.6 Å². The van der Waals surface area contributed by atoms with Gasteiger partial charge in [-0.25, -0.2) is 0 Å². The van der Waals surface area contributed by atoms with Crippen LogP contribution in [0.25, 0.3) is 0 Å². The van der Waals surface area contributed by atoms with Crippen LogP contribution in [-0.4, -0.2) is 35.5 Å². The zero-order chi connectivity index (χ0) is 12.1. The number of alkyl halides is 1. The van der Waals surface area contributed by atoms with E-state index in [0.29, 0.717) is 5.76 Å². The Morgan fingerprint density at radius 1 is 1.69 bits per heavy atom. The fourth-order valence-electron chi connectivity index (χ4n) is 0.957. The topological polar surface area (TPSA) is 81.4 Å². The third-order valence-corrected chi connectivity index (χ3v) is 2.46. The third-order valence-electron chi connectivity index (χ3n) is 1.76. The zero-order valence-electron chi connectivity index (χ0n) is 8.82. The van der Waals surface area contributed by atoms with Gasteiger partial charge in [-0.1, -0.05) is 21.1 Å². The molecule has 1 aromatic heterocycles. The summed E-state index contributed by atoms with van der Waals surface area (Å²) in [5, 5.41) is 6.06. The van der Waals surface area contributed by atoms with Gasteiger partial charge in [-0.15, -0.1) is 0 Å². The number of carbonyl (C=O) groups excluding carboxylic acids is 2. The van der Waals surface area contributed by atoms with Crippen molar-refractivity contribution >= 4 is 27.8 Å². The molecule has 88 valence electrons. The van der Waals surface area contributed by atoms with Crippen LogP contribution in [0.5, 0.6) is 0 Å². The van der Waals surface area contributed by atoms with Crippen LogP contribution in [0.1, 0.15) is 16.2 Å². The molecule has 0 aromatic carbocycles. The van der Waals surface area contributed by atoms with E-state index in [1.807, 2.05) is 0 Å². The summed E-state index contributed by atoms with van der Waals surface area (Å²) in [6.07, 6.45) is 0. The molecule has 6 nitrogen and oxygen atoms in total. The maximum Gasteiger partial charge on any atom is 0.321 e. The molecule has 0 fully saturated rings. The average molecular weight is 291 g/mol. The number of ether oxygens (including phenoxy) is 1. The number of esters is 1. The van der Waals surface area contributed by atoms with E-state index in [0.717, 1.165) is 0 Å². The molecule has 1 rings (SSSR count). The van der Waals surface area contributed by atoms with E-state index >= 15 is 0 Å². The largest absolute Gasteiger partial charge is 0.468 e. The van der Waals surface area contributed by atoms with Crippen molar-refractivity contribution in [1.29, 1.82) is 0 Å². The summed E-state index contributed by atoms with van der Waals surface area (Å²) in [7, 11) is 1.28. The maximum atomic E-state index is 11.5. The van der Waals surface area contributed by atoms with Crippen LogP contribution in [0.3, 0.4) is 0 Å². The van der Waals surface area contributed by atoms with Crippen LogP contribution < -0.4 is 5.32 Å². The van der Waals surface area contributed by atoms with Crippen molar-refractivity contribution in [1.82, 2.24) is 10.5 Å². The Balaban J connectivity index is 2.44. The number of nitrogens with one attached hydrogen (secondary N) is 1. The van der Waals surface area contributed by atoms with Crippen molar-refractivity contribution < 1.29 is 18.8 Å². The second-order valence-corrected chi connectivity index (χ2v) is 4.13. The van der Waals surface area contributed by atoms with Crippen LogP contribution in [0, 0.1) is 6.92 Å². The number of hydrogen-bond donors (Lipinski definition) is 1. The molecule has 0 bridgehead atoms. The molecule has 0 saturated heterocycles. The second-order valence-electron chi connectivity index (χ2n) is 3.02. The van der Waals surface area contributed by atoms with Gasteiger partial charge >= 0.3 is 5.97 Å². The molecule has 0 aliphatic rings. The Morgan fingerprint density at radius 2 is 2.38 bits per heavy atom. The highest BCUT2D eigenvalue weighted by Gasteiger charge is 2.17. The van der Waals surface area contributed by atoms with Gasteiger partial charge in [0.2, 0.25) is 0 Å². The first-order valence-corrected chi connectivity index (χ1v) is 5.39. The lowest BCUT2D eigenvalue weighted by molar-refractivity contribution is -0.139. The number of hydrogen-bond acceptors (Lipinski definition) is 5. The van der Waals surface area contributed by atoms with E-state index in [2.05, 4.69) is 31.1 Å². The first-order chi connectivity index (χ1) is 7.54. The number of aryl methyl sites for hydroxylation is 1. The van der Waals surface area contributed by atoms with Gasteiger partial charge in [0.05, 0.1) is 7.11 Å². The fourth-order valence-corrected chi connectivity index (χ4v) is 1.31. The van der Waals surface area contributed by atoms with Gasteiger partial charge in [0, 0.05) is 12.6 Å². The number of nitrogens with zero attached hydrogens (tertiary/aromatic N) is 1. The molecule has 0 radical (unpaired) electrons. The second kappa shape index (κ2) is 5.64. The minimum atomic E-state index is -0.575. The van der Waals surface area contributed by atoms with Crippen molar-refractivity contribution in [3.8, 4) is 0 Å². The van der Waals surface area contributed by atoms with E-state index in [-0.39, 0.29) is 12.2 Å². The lowest BCUT2D eigenvalue weighted by Gasteiger charge is -2.07. The van der Waals surface area contributed by atoms with Gasteiger partial charge < -0.3 is 14.6 Å². The highest BCUT2D eigenvalue weighted by atomic mass is 79.9. The monoisotopic (exact) mass is 290 g/mol. The van der Waals surface area contributed by atoms with E-state index in [1.54, 1.807) is 6.92 Å². The van der Waals surface area contributed by atoms with E-state index in [1.165, 1.54) is 13.2 Å². The molecule has 1 aromatic rings. The van der Waals surface area contributed by atoms with Crippen LogP contribution >= 0.6 is 15.9 Å². The molecule has 0 saturated carbocycles. The molecule has 1 atom stereocenters. The van der Waals surface area contributed by atoms with Crippen molar-refractivity contribution in [2.45, 2.75) is 11.8 Å². The molecule has 1 heterocycles. The first kappa shape index (κ1) is 12.7. The molecule has 1 unspecified atom stereocenters. The van der Waals surface area contributed by atoms with Crippen LogP contribution in [-0.2, 0) is 9.53 Å². The number of rotatable bonds is 4. The lowest BCUT2D eigenvalue weighted by Crippen LogP contribution is -2.34. The molecule has 16 heavy (non-hydrogen) atoms. The van der Waals surface area contributed by atoms with Crippen molar-refractivity contribution in [3.63, 3.8) is 0 Å². The Kier molecular flexibility index (Phi) is 4.48. The Bertz CT molecular complexity index is 391. The van der Waals surface area contributed by atoms with Crippen LogP contribution in [0.2, 0.25) is 0 Å². The molecule has 1 amide bonds. The SMILES string of the molecule is COC(=O)C(Br)CNC(=O)c1cc(C)on1. The fraction of sp³-hybridized carbons (Fsp3) is 0.444. The highest BCUT2D eigenvalue weighted by Crippen LogP contribution is 2.03.